The molecule has 3 heterocycles. The second kappa shape index (κ2) is 6.64. The summed E-state index contributed by atoms with van der Waals surface area (Å²) in [6, 6.07) is -0.0312. The molecule has 0 aromatic rings. The Kier molecular flexibility index (Phi) is 5.08. The molecule has 6 nitrogen and oxygen atoms in total. The topological polar surface area (TPSA) is 81.7 Å². The number of carboxylic acids is 1. The van der Waals surface area contributed by atoms with Gasteiger partial charge < -0.3 is 20.6 Å². The zero-order chi connectivity index (χ0) is 15.5. The Morgan fingerprint density at radius 2 is 1.86 bits per heavy atom. The Morgan fingerprint density at radius 3 is 2.29 bits per heavy atom. The number of nitrogens with one attached hydrogen (secondary N) is 2. The number of carbonyl (C=O) groups is 2. The minimum Gasteiger partial charge on any atom is -0.481 e. The molecule has 3 saturated heterocycles. The van der Waals surface area contributed by atoms with Gasteiger partial charge in [0.15, 0.2) is 0 Å². The normalized spacial score (nSPS) is 28.2. The van der Waals surface area contributed by atoms with E-state index in [1.165, 1.54) is 0 Å². The van der Waals surface area contributed by atoms with Crippen molar-refractivity contribution in [1.29, 1.82) is 0 Å². The molecule has 0 aliphatic carbocycles. The van der Waals surface area contributed by atoms with E-state index < -0.39 is 11.4 Å². The van der Waals surface area contributed by atoms with Crippen molar-refractivity contribution < 1.29 is 14.7 Å². The van der Waals surface area contributed by atoms with E-state index in [2.05, 4.69) is 15.5 Å². The molecule has 120 valence electrons. The van der Waals surface area contributed by atoms with Gasteiger partial charge in [0.25, 0.3) is 0 Å². The van der Waals surface area contributed by atoms with Crippen LogP contribution in [0.5, 0.6) is 0 Å². The largest absolute Gasteiger partial charge is 0.481 e. The molecule has 0 radical (unpaired) electrons. The van der Waals surface area contributed by atoms with Gasteiger partial charge in [0, 0.05) is 19.1 Å². The maximum absolute atomic E-state index is 12.1. The summed E-state index contributed by atoms with van der Waals surface area (Å²) in [5.41, 5.74) is -0.855. The summed E-state index contributed by atoms with van der Waals surface area (Å²) < 4.78 is 0. The Bertz CT molecular complexity index is 388. The molecule has 3 N–H and O–H groups in total. The molecule has 3 fully saturated rings. The van der Waals surface area contributed by atoms with Crippen molar-refractivity contribution in [3.05, 3.63) is 0 Å². The summed E-state index contributed by atoms with van der Waals surface area (Å²) in [7, 11) is 0. The van der Waals surface area contributed by atoms with Crippen LogP contribution in [-0.2, 0) is 4.79 Å². The quantitative estimate of drug-likeness (QED) is 0.689. The van der Waals surface area contributed by atoms with Gasteiger partial charge in [-0.3, -0.25) is 4.79 Å². The van der Waals surface area contributed by atoms with Crippen molar-refractivity contribution in [3.8, 4) is 0 Å². The highest BCUT2D eigenvalue weighted by Gasteiger charge is 2.37. The van der Waals surface area contributed by atoms with E-state index in [0.29, 0.717) is 18.8 Å². The van der Waals surface area contributed by atoms with Crippen molar-refractivity contribution in [2.24, 2.45) is 11.3 Å². The molecule has 0 saturated carbocycles. The van der Waals surface area contributed by atoms with Gasteiger partial charge in [-0.25, -0.2) is 4.79 Å². The van der Waals surface area contributed by atoms with Gasteiger partial charge in [-0.15, -0.1) is 0 Å². The Hall–Kier alpha value is -1.30. The Labute approximate surface area is 126 Å². The Morgan fingerprint density at radius 1 is 1.24 bits per heavy atom. The number of amides is 2. The fourth-order valence-electron chi connectivity index (χ4n) is 3.48. The lowest BCUT2D eigenvalue weighted by molar-refractivity contribution is -0.149. The monoisotopic (exact) mass is 297 g/mol. The van der Waals surface area contributed by atoms with Gasteiger partial charge in [0.2, 0.25) is 0 Å². The number of rotatable bonds is 6. The van der Waals surface area contributed by atoms with Crippen molar-refractivity contribution >= 4 is 12.0 Å². The summed E-state index contributed by atoms with van der Waals surface area (Å²) in [6.45, 7) is 7.08. The maximum Gasteiger partial charge on any atom is 0.315 e. The first-order valence-corrected chi connectivity index (χ1v) is 8.01. The van der Waals surface area contributed by atoms with Gasteiger partial charge in [0.1, 0.15) is 0 Å². The molecule has 3 aliphatic rings. The molecule has 1 atom stereocenters. The fourth-order valence-corrected chi connectivity index (χ4v) is 3.48. The summed E-state index contributed by atoms with van der Waals surface area (Å²) in [4.78, 5) is 25.8. The first-order valence-electron chi connectivity index (χ1n) is 8.01. The lowest BCUT2D eigenvalue weighted by Crippen LogP contribution is -2.59. The Balaban J connectivity index is 1.83. The van der Waals surface area contributed by atoms with E-state index in [-0.39, 0.29) is 18.6 Å². The van der Waals surface area contributed by atoms with Crippen LogP contribution >= 0.6 is 0 Å². The average molecular weight is 297 g/mol. The van der Waals surface area contributed by atoms with E-state index in [4.69, 9.17) is 0 Å². The summed E-state index contributed by atoms with van der Waals surface area (Å²) in [6.07, 6.45) is 3.32. The summed E-state index contributed by atoms with van der Waals surface area (Å²) in [5.74, 6) is -0.266. The number of piperidine rings is 3. The van der Waals surface area contributed by atoms with Crippen molar-refractivity contribution in [1.82, 2.24) is 15.5 Å². The number of aliphatic carboxylic acids is 1. The number of hydrogen-bond donors (Lipinski definition) is 3. The molecule has 1 unspecified atom stereocenters. The van der Waals surface area contributed by atoms with Crippen LogP contribution in [0.25, 0.3) is 0 Å². The first kappa shape index (κ1) is 16.1. The predicted molar refractivity (Wildman–Crippen MR) is 80.1 cm³/mol. The van der Waals surface area contributed by atoms with Gasteiger partial charge in [-0.2, -0.15) is 0 Å². The van der Waals surface area contributed by atoms with E-state index in [9.17, 15) is 14.7 Å². The van der Waals surface area contributed by atoms with Crippen LogP contribution in [0.3, 0.4) is 0 Å². The van der Waals surface area contributed by atoms with E-state index in [1.807, 2.05) is 13.8 Å². The number of hydrogen-bond acceptors (Lipinski definition) is 3. The second-order valence-corrected chi connectivity index (χ2v) is 6.36. The number of fused-ring (bicyclic) bond motifs is 3. The van der Waals surface area contributed by atoms with Crippen LogP contribution in [0.2, 0.25) is 0 Å². The SMILES string of the molecule is CCC(CC)(CNC(=O)NC1CN2CCC1CC2)C(=O)O. The maximum atomic E-state index is 12.1. The van der Waals surface area contributed by atoms with Gasteiger partial charge in [0.05, 0.1) is 5.41 Å². The van der Waals surface area contributed by atoms with Crippen LogP contribution < -0.4 is 10.6 Å². The highest BCUT2D eigenvalue weighted by molar-refractivity contribution is 5.78. The molecule has 3 aliphatic heterocycles. The molecule has 0 aromatic carbocycles. The number of urea groups is 1. The molecule has 0 aromatic heterocycles. The zero-order valence-electron chi connectivity index (χ0n) is 13.0. The minimum absolute atomic E-state index is 0.183. The lowest BCUT2D eigenvalue weighted by atomic mass is 9.82. The fraction of sp³-hybridized carbons (Fsp3) is 0.867. The van der Waals surface area contributed by atoms with Crippen LogP contribution in [0.15, 0.2) is 0 Å². The smallest absolute Gasteiger partial charge is 0.315 e. The molecular formula is C15H27N3O3. The average Bonchev–Trinajstić information content (AvgIpc) is 2.49. The molecular weight excluding hydrogens is 270 g/mol. The van der Waals surface area contributed by atoms with E-state index in [0.717, 1.165) is 32.5 Å². The molecule has 0 spiro atoms. The van der Waals surface area contributed by atoms with Crippen LogP contribution in [0, 0.1) is 11.3 Å². The first-order chi connectivity index (χ1) is 10.0. The summed E-state index contributed by atoms with van der Waals surface area (Å²) in [5, 5.41) is 15.2. The third-order valence-electron chi connectivity index (χ3n) is 5.37. The number of carbonyl (C=O) groups excluding carboxylic acids is 1. The molecule has 3 rings (SSSR count). The van der Waals surface area contributed by atoms with Gasteiger partial charge in [-0.1, -0.05) is 13.8 Å². The number of carboxylic acid groups (broad SMARTS) is 1. The van der Waals surface area contributed by atoms with Gasteiger partial charge in [-0.05, 0) is 44.7 Å². The van der Waals surface area contributed by atoms with Crippen LogP contribution in [0.4, 0.5) is 4.79 Å². The molecule has 6 heteroatoms. The van der Waals surface area contributed by atoms with Crippen LogP contribution in [0.1, 0.15) is 39.5 Å². The molecule has 21 heavy (non-hydrogen) atoms. The van der Waals surface area contributed by atoms with Crippen molar-refractivity contribution in [3.63, 3.8) is 0 Å². The van der Waals surface area contributed by atoms with Crippen LogP contribution in [-0.4, -0.2) is 54.2 Å². The van der Waals surface area contributed by atoms with E-state index in [1.54, 1.807) is 0 Å². The predicted octanol–water partition coefficient (Wildman–Crippen LogP) is 1.27. The second-order valence-electron chi connectivity index (χ2n) is 6.36. The zero-order valence-corrected chi connectivity index (χ0v) is 13.0. The highest BCUT2D eigenvalue weighted by Crippen LogP contribution is 2.28. The summed E-state index contributed by atoms with van der Waals surface area (Å²) >= 11 is 0. The molecule has 2 amide bonds. The molecule has 2 bridgehead atoms. The lowest BCUT2D eigenvalue weighted by Gasteiger charge is -2.44. The van der Waals surface area contributed by atoms with E-state index >= 15 is 0 Å². The standard InChI is InChI=1S/C15H27N3O3/c1-3-15(4-2,13(19)20)10-16-14(21)17-12-9-18-7-5-11(12)6-8-18/h11-12H,3-10H2,1-2H3,(H,19,20)(H2,16,17,21). The van der Waals surface area contributed by atoms with Crippen molar-refractivity contribution in [2.45, 2.75) is 45.6 Å². The third-order valence-corrected chi connectivity index (χ3v) is 5.37. The van der Waals surface area contributed by atoms with Crippen molar-refractivity contribution in [2.75, 3.05) is 26.2 Å². The third kappa shape index (κ3) is 3.48. The number of nitrogens with zero attached hydrogens (tertiary/aromatic N) is 1. The minimum atomic E-state index is -0.855. The highest BCUT2D eigenvalue weighted by atomic mass is 16.4. The van der Waals surface area contributed by atoms with Gasteiger partial charge >= 0.3 is 12.0 Å².